The van der Waals surface area contributed by atoms with E-state index in [1.807, 2.05) is 0 Å². The van der Waals surface area contributed by atoms with Gasteiger partial charge in [0.1, 0.15) is 17.3 Å². The van der Waals surface area contributed by atoms with E-state index in [4.69, 9.17) is 16.0 Å². The topological polar surface area (TPSA) is 62.6 Å². The Hall–Kier alpha value is -3.38. The summed E-state index contributed by atoms with van der Waals surface area (Å²) in [6.07, 6.45) is 1.47. The van der Waals surface area contributed by atoms with Gasteiger partial charge < -0.3 is 9.73 Å². The van der Waals surface area contributed by atoms with Crippen molar-refractivity contribution in [2.75, 3.05) is 5.32 Å². The maximum atomic E-state index is 13.6. The van der Waals surface area contributed by atoms with E-state index in [9.17, 15) is 14.0 Å². The highest BCUT2D eigenvalue weighted by Crippen LogP contribution is 2.32. The van der Waals surface area contributed by atoms with Gasteiger partial charge in [0, 0.05) is 10.7 Å². The molecule has 5 nitrogen and oxygen atoms in total. The highest BCUT2D eigenvalue weighted by atomic mass is 35.5. The first-order chi connectivity index (χ1) is 13.5. The lowest BCUT2D eigenvalue weighted by atomic mass is 10.0. The third kappa shape index (κ3) is 3.42. The van der Waals surface area contributed by atoms with Crippen molar-refractivity contribution >= 4 is 34.7 Å². The van der Waals surface area contributed by atoms with Crippen molar-refractivity contribution < 1.29 is 18.4 Å². The van der Waals surface area contributed by atoms with E-state index >= 15 is 0 Å². The average Bonchev–Trinajstić information content (AvgIpc) is 3.26. The molecule has 1 aromatic heterocycles. The van der Waals surface area contributed by atoms with E-state index in [0.29, 0.717) is 22.0 Å². The third-order valence-corrected chi connectivity index (χ3v) is 4.54. The molecule has 0 fully saturated rings. The van der Waals surface area contributed by atoms with Gasteiger partial charge in [0.05, 0.1) is 18.4 Å². The summed E-state index contributed by atoms with van der Waals surface area (Å²) >= 11 is 5.94. The maximum Gasteiger partial charge on any atom is 0.278 e. The molecular weight excluding hydrogens is 383 g/mol. The normalized spacial score (nSPS) is 14.1. The minimum absolute atomic E-state index is 0.00388. The molecule has 0 unspecified atom stereocenters. The van der Waals surface area contributed by atoms with Crippen LogP contribution in [0.2, 0.25) is 5.02 Å². The molecule has 140 valence electrons. The zero-order valence-corrected chi connectivity index (χ0v) is 15.2. The van der Waals surface area contributed by atoms with Crippen molar-refractivity contribution in [1.29, 1.82) is 0 Å². The number of halogens is 2. The number of amides is 2. The summed E-state index contributed by atoms with van der Waals surface area (Å²) in [7, 11) is 0. The summed E-state index contributed by atoms with van der Waals surface area (Å²) in [5.41, 5.74) is 1.16. The molecule has 0 bridgehead atoms. The number of anilines is 1. The van der Waals surface area contributed by atoms with Gasteiger partial charge in [-0.05, 0) is 48.0 Å². The molecule has 28 heavy (non-hydrogen) atoms. The standard InChI is InChI=1S/C21H14ClFN2O3/c22-14-8-6-13(7-9-14)18-19(24-16-4-1-3-15(23)11-16)21(27)25(20(18)26)12-17-5-2-10-28-17/h1-11,24H,12H2. The molecule has 0 saturated heterocycles. The number of carbonyl (C=O) groups excluding carboxylic acids is 2. The summed E-state index contributed by atoms with van der Waals surface area (Å²) in [6.45, 7) is -0.00388. The van der Waals surface area contributed by atoms with Crippen molar-refractivity contribution in [3.05, 3.63) is 94.8 Å². The molecule has 0 radical (unpaired) electrons. The molecule has 0 saturated carbocycles. The minimum Gasteiger partial charge on any atom is -0.467 e. The van der Waals surface area contributed by atoms with Crippen LogP contribution in [0, 0.1) is 5.82 Å². The minimum atomic E-state index is -0.518. The van der Waals surface area contributed by atoms with Crippen LogP contribution in [0.5, 0.6) is 0 Å². The smallest absolute Gasteiger partial charge is 0.278 e. The van der Waals surface area contributed by atoms with E-state index in [2.05, 4.69) is 5.32 Å². The van der Waals surface area contributed by atoms with E-state index in [1.165, 1.54) is 24.5 Å². The van der Waals surface area contributed by atoms with Gasteiger partial charge in [-0.2, -0.15) is 0 Å². The van der Waals surface area contributed by atoms with Gasteiger partial charge >= 0.3 is 0 Å². The summed E-state index contributed by atoms with van der Waals surface area (Å²) in [4.78, 5) is 27.1. The first-order valence-electron chi connectivity index (χ1n) is 8.44. The fourth-order valence-corrected chi connectivity index (χ4v) is 3.11. The molecule has 1 aliphatic heterocycles. The molecule has 2 heterocycles. The van der Waals surface area contributed by atoms with Crippen LogP contribution in [0.4, 0.5) is 10.1 Å². The van der Waals surface area contributed by atoms with Crippen LogP contribution >= 0.6 is 11.6 Å². The van der Waals surface area contributed by atoms with Crippen LogP contribution in [0.3, 0.4) is 0 Å². The summed E-state index contributed by atoms with van der Waals surface area (Å²) in [6, 6.07) is 15.6. The van der Waals surface area contributed by atoms with E-state index in [1.54, 1.807) is 42.5 Å². The lowest BCUT2D eigenvalue weighted by Crippen LogP contribution is -2.31. The number of carbonyl (C=O) groups is 2. The predicted octanol–water partition coefficient (Wildman–Crippen LogP) is 4.46. The zero-order chi connectivity index (χ0) is 19.7. The molecule has 1 N–H and O–H groups in total. The Labute approximate surface area is 165 Å². The second kappa shape index (κ2) is 7.32. The quantitative estimate of drug-likeness (QED) is 0.646. The van der Waals surface area contributed by atoms with Crippen molar-refractivity contribution in [2.24, 2.45) is 0 Å². The van der Waals surface area contributed by atoms with E-state index in [-0.39, 0.29) is 17.8 Å². The SMILES string of the molecule is O=C1C(Nc2cccc(F)c2)=C(c2ccc(Cl)cc2)C(=O)N1Cc1ccco1. The molecule has 4 rings (SSSR count). The first kappa shape index (κ1) is 18.0. The van der Waals surface area contributed by atoms with Crippen LogP contribution in [-0.2, 0) is 16.1 Å². The number of nitrogens with one attached hydrogen (secondary N) is 1. The van der Waals surface area contributed by atoms with E-state index in [0.717, 1.165) is 4.90 Å². The third-order valence-electron chi connectivity index (χ3n) is 4.29. The number of benzene rings is 2. The van der Waals surface area contributed by atoms with Crippen molar-refractivity contribution in [1.82, 2.24) is 4.90 Å². The fraction of sp³-hybridized carbons (Fsp3) is 0.0476. The number of hydrogen-bond donors (Lipinski definition) is 1. The molecule has 1 aliphatic rings. The number of imide groups is 1. The Morgan fingerprint density at radius 3 is 2.46 bits per heavy atom. The van der Waals surface area contributed by atoms with Crippen molar-refractivity contribution in [2.45, 2.75) is 6.54 Å². The van der Waals surface area contributed by atoms with Gasteiger partial charge in [-0.25, -0.2) is 4.39 Å². The van der Waals surface area contributed by atoms with Crippen LogP contribution in [0.1, 0.15) is 11.3 Å². The monoisotopic (exact) mass is 396 g/mol. The summed E-state index contributed by atoms with van der Waals surface area (Å²) in [5, 5.41) is 3.41. The van der Waals surface area contributed by atoms with Gasteiger partial charge in [0.25, 0.3) is 11.8 Å². The molecule has 0 aliphatic carbocycles. The number of rotatable bonds is 5. The van der Waals surface area contributed by atoms with Gasteiger partial charge in [-0.1, -0.05) is 29.8 Å². The fourth-order valence-electron chi connectivity index (χ4n) is 2.99. The number of nitrogens with zero attached hydrogens (tertiary/aromatic N) is 1. The lowest BCUT2D eigenvalue weighted by Gasteiger charge is -2.13. The van der Waals surface area contributed by atoms with Crippen LogP contribution in [-0.4, -0.2) is 16.7 Å². The van der Waals surface area contributed by atoms with Crippen LogP contribution < -0.4 is 5.32 Å². The average molecular weight is 397 g/mol. The Bertz CT molecular complexity index is 1080. The maximum absolute atomic E-state index is 13.6. The zero-order valence-electron chi connectivity index (χ0n) is 14.5. The lowest BCUT2D eigenvalue weighted by molar-refractivity contribution is -0.137. The second-order valence-corrected chi connectivity index (χ2v) is 6.60. The largest absolute Gasteiger partial charge is 0.467 e. The summed E-state index contributed by atoms with van der Waals surface area (Å²) in [5.74, 6) is -0.967. The Morgan fingerprint density at radius 2 is 1.79 bits per heavy atom. The Balaban J connectivity index is 1.76. The molecule has 0 spiro atoms. The second-order valence-electron chi connectivity index (χ2n) is 6.17. The highest BCUT2D eigenvalue weighted by molar-refractivity contribution is 6.36. The summed E-state index contributed by atoms with van der Waals surface area (Å²) < 4.78 is 18.8. The molecule has 7 heteroatoms. The van der Waals surface area contributed by atoms with Crippen LogP contribution in [0.25, 0.3) is 5.57 Å². The molecule has 2 aromatic carbocycles. The Kier molecular flexibility index (Phi) is 4.71. The van der Waals surface area contributed by atoms with Crippen molar-refractivity contribution in [3.8, 4) is 0 Å². The predicted molar refractivity (Wildman–Crippen MR) is 103 cm³/mol. The molecule has 0 atom stereocenters. The molecular formula is C21H14ClFN2O3. The number of furan rings is 1. The van der Waals surface area contributed by atoms with Crippen molar-refractivity contribution in [3.63, 3.8) is 0 Å². The molecule has 3 aromatic rings. The van der Waals surface area contributed by atoms with Crippen LogP contribution in [0.15, 0.2) is 77.0 Å². The Morgan fingerprint density at radius 1 is 1.00 bits per heavy atom. The van der Waals surface area contributed by atoms with Gasteiger partial charge in [-0.15, -0.1) is 0 Å². The van der Waals surface area contributed by atoms with Gasteiger partial charge in [0.15, 0.2) is 0 Å². The molecule has 2 amide bonds. The number of hydrogen-bond acceptors (Lipinski definition) is 4. The first-order valence-corrected chi connectivity index (χ1v) is 8.82. The van der Waals surface area contributed by atoms with E-state index < -0.39 is 17.6 Å². The van der Waals surface area contributed by atoms with Gasteiger partial charge in [0.2, 0.25) is 0 Å². The highest BCUT2D eigenvalue weighted by Gasteiger charge is 2.39. The van der Waals surface area contributed by atoms with Gasteiger partial charge in [-0.3, -0.25) is 14.5 Å².